The second-order valence-electron chi connectivity index (χ2n) is 5.50. The zero-order valence-corrected chi connectivity index (χ0v) is 11.2. The average Bonchev–Trinajstić information content (AvgIpc) is 2.94. The predicted octanol–water partition coefficient (Wildman–Crippen LogP) is 0.993. The number of carbonyl (C=O) groups is 1. The molecule has 102 valence electrons. The zero-order valence-electron chi connectivity index (χ0n) is 11.2. The summed E-state index contributed by atoms with van der Waals surface area (Å²) in [5.74, 6) is 0.0674. The molecule has 3 rings (SSSR count). The number of benzene rings is 1. The Morgan fingerprint density at radius 1 is 1.21 bits per heavy atom. The summed E-state index contributed by atoms with van der Waals surface area (Å²) in [4.78, 5) is 16.9. The SMILES string of the molecule is NC(C(=O)N1CCN2CCCC2C1)c1ccccc1. The van der Waals surface area contributed by atoms with Crippen molar-refractivity contribution in [3.05, 3.63) is 35.9 Å². The van der Waals surface area contributed by atoms with Crippen LogP contribution >= 0.6 is 0 Å². The van der Waals surface area contributed by atoms with E-state index in [2.05, 4.69) is 4.90 Å². The molecule has 1 amide bonds. The number of hydrogen-bond acceptors (Lipinski definition) is 3. The number of rotatable bonds is 2. The van der Waals surface area contributed by atoms with Gasteiger partial charge in [0.25, 0.3) is 0 Å². The Morgan fingerprint density at radius 3 is 2.79 bits per heavy atom. The lowest BCUT2D eigenvalue weighted by molar-refractivity contribution is -0.135. The minimum atomic E-state index is -0.519. The number of nitrogens with zero attached hydrogens (tertiary/aromatic N) is 2. The third-order valence-corrected chi connectivity index (χ3v) is 4.32. The minimum Gasteiger partial charge on any atom is -0.338 e. The fourth-order valence-electron chi connectivity index (χ4n) is 3.19. The Morgan fingerprint density at radius 2 is 2.00 bits per heavy atom. The van der Waals surface area contributed by atoms with Crippen molar-refractivity contribution in [2.45, 2.75) is 24.9 Å². The van der Waals surface area contributed by atoms with Gasteiger partial charge in [0.15, 0.2) is 0 Å². The zero-order chi connectivity index (χ0) is 13.2. The lowest BCUT2D eigenvalue weighted by Crippen LogP contribution is -2.53. The van der Waals surface area contributed by atoms with Crippen molar-refractivity contribution in [2.75, 3.05) is 26.2 Å². The Balaban J connectivity index is 1.67. The smallest absolute Gasteiger partial charge is 0.244 e. The van der Waals surface area contributed by atoms with Crippen molar-refractivity contribution in [3.63, 3.8) is 0 Å². The van der Waals surface area contributed by atoms with E-state index < -0.39 is 6.04 Å². The summed E-state index contributed by atoms with van der Waals surface area (Å²) in [5.41, 5.74) is 7.01. The van der Waals surface area contributed by atoms with Crippen LogP contribution in [0.25, 0.3) is 0 Å². The van der Waals surface area contributed by atoms with Gasteiger partial charge in [-0.1, -0.05) is 30.3 Å². The Bertz CT molecular complexity index is 448. The molecule has 0 saturated carbocycles. The molecule has 2 atom stereocenters. The summed E-state index contributed by atoms with van der Waals surface area (Å²) < 4.78 is 0. The summed E-state index contributed by atoms with van der Waals surface area (Å²) in [6.45, 7) is 3.85. The van der Waals surface area contributed by atoms with E-state index >= 15 is 0 Å². The number of fused-ring (bicyclic) bond motifs is 1. The van der Waals surface area contributed by atoms with Crippen LogP contribution in [-0.4, -0.2) is 47.9 Å². The van der Waals surface area contributed by atoms with Crippen molar-refractivity contribution in [2.24, 2.45) is 5.73 Å². The maximum Gasteiger partial charge on any atom is 0.244 e. The lowest BCUT2D eigenvalue weighted by atomic mass is 10.1. The lowest BCUT2D eigenvalue weighted by Gasteiger charge is -2.38. The highest BCUT2D eigenvalue weighted by atomic mass is 16.2. The predicted molar refractivity (Wildman–Crippen MR) is 74.5 cm³/mol. The molecule has 4 nitrogen and oxygen atoms in total. The summed E-state index contributed by atoms with van der Waals surface area (Å²) in [5, 5.41) is 0. The topological polar surface area (TPSA) is 49.6 Å². The molecule has 0 spiro atoms. The van der Waals surface area contributed by atoms with Gasteiger partial charge in [0.2, 0.25) is 5.91 Å². The van der Waals surface area contributed by atoms with E-state index in [4.69, 9.17) is 5.73 Å². The maximum atomic E-state index is 12.5. The van der Waals surface area contributed by atoms with Gasteiger partial charge in [-0.25, -0.2) is 0 Å². The molecule has 0 radical (unpaired) electrons. The molecule has 1 aromatic carbocycles. The van der Waals surface area contributed by atoms with E-state index in [1.807, 2.05) is 35.2 Å². The molecule has 19 heavy (non-hydrogen) atoms. The standard InChI is InChI=1S/C15H21N3O/c16-14(12-5-2-1-3-6-12)15(19)18-10-9-17-8-4-7-13(17)11-18/h1-3,5-6,13-14H,4,7-11,16H2. The highest BCUT2D eigenvalue weighted by molar-refractivity contribution is 5.83. The van der Waals surface area contributed by atoms with E-state index in [-0.39, 0.29) is 5.91 Å². The summed E-state index contributed by atoms with van der Waals surface area (Å²) in [6, 6.07) is 9.69. The quantitative estimate of drug-likeness (QED) is 0.862. The van der Waals surface area contributed by atoms with Crippen LogP contribution in [0.4, 0.5) is 0 Å². The van der Waals surface area contributed by atoms with Gasteiger partial charge >= 0.3 is 0 Å². The van der Waals surface area contributed by atoms with E-state index in [1.165, 1.54) is 19.4 Å². The molecular formula is C15H21N3O. The van der Waals surface area contributed by atoms with E-state index in [1.54, 1.807) is 0 Å². The first-order valence-corrected chi connectivity index (χ1v) is 7.09. The van der Waals surface area contributed by atoms with Crippen LogP contribution in [-0.2, 0) is 4.79 Å². The summed E-state index contributed by atoms with van der Waals surface area (Å²) in [7, 11) is 0. The number of piperazine rings is 1. The second-order valence-corrected chi connectivity index (χ2v) is 5.50. The highest BCUT2D eigenvalue weighted by Gasteiger charge is 2.34. The molecule has 2 fully saturated rings. The van der Waals surface area contributed by atoms with Gasteiger partial charge in [-0.3, -0.25) is 9.69 Å². The van der Waals surface area contributed by atoms with Crippen molar-refractivity contribution in [3.8, 4) is 0 Å². The Hall–Kier alpha value is -1.39. The summed E-state index contributed by atoms with van der Waals surface area (Å²) in [6.07, 6.45) is 2.47. The third-order valence-electron chi connectivity index (χ3n) is 4.32. The number of amides is 1. The molecule has 0 aromatic heterocycles. The normalized spacial score (nSPS) is 25.1. The van der Waals surface area contributed by atoms with Gasteiger partial charge in [-0.15, -0.1) is 0 Å². The van der Waals surface area contributed by atoms with Crippen LogP contribution in [0.2, 0.25) is 0 Å². The second kappa shape index (κ2) is 5.31. The van der Waals surface area contributed by atoms with Crippen LogP contribution in [0.3, 0.4) is 0 Å². The first kappa shape index (κ1) is 12.6. The van der Waals surface area contributed by atoms with Gasteiger partial charge < -0.3 is 10.6 Å². The number of hydrogen-bond donors (Lipinski definition) is 1. The minimum absolute atomic E-state index is 0.0674. The molecule has 2 saturated heterocycles. The van der Waals surface area contributed by atoms with Crippen LogP contribution in [0.1, 0.15) is 24.4 Å². The highest BCUT2D eigenvalue weighted by Crippen LogP contribution is 2.23. The van der Waals surface area contributed by atoms with Crippen molar-refractivity contribution < 1.29 is 4.79 Å². The molecule has 1 aromatic rings. The van der Waals surface area contributed by atoms with Crippen LogP contribution in [0.5, 0.6) is 0 Å². The molecule has 4 heteroatoms. The van der Waals surface area contributed by atoms with Gasteiger partial charge in [0.05, 0.1) is 0 Å². The Labute approximate surface area is 114 Å². The van der Waals surface area contributed by atoms with Crippen LogP contribution < -0.4 is 5.73 Å². The Kier molecular flexibility index (Phi) is 3.53. The molecule has 2 aliphatic rings. The monoisotopic (exact) mass is 259 g/mol. The number of carbonyl (C=O) groups excluding carboxylic acids is 1. The fourth-order valence-corrected chi connectivity index (χ4v) is 3.19. The fraction of sp³-hybridized carbons (Fsp3) is 0.533. The first-order valence-electron chi connectivity index (χ1n) is 7.09. The molecule has 0 bridgehead atoms. The molecule has 2 aliphatic heterocycles. The van der Waals surface area contributed by atoms with Crippen LogP contribution in [0, 0.1) is 0 Å². The molecule has 2 N–H and O–H groups in total. The van der Waals surface area contributed by atoms with Crippen molar-refractivity contribution in [1.29, 1.82) is 0 Å². The van der Waals surface area contributed by atoms with Gasteiger partial charge in [-0.05, 0) is 24.9 Å². The average molecular weight is 259 g/mol. The summed E-state index contributed by atoms with van der Waals surface area (Å²) >= 11 is 0. The molecule has 0 aliphatic carbocycles. The van der Waals surface area contributed by atoms with Gasteiger partial charge in [0.1, 0.15) is 6.04 Å². The maximum absolute atomic E-state index is 12.5. The van der Waals surface area contributed by atoms with Gasteiger partial charge in [-0.2, -0.15) is 0 Å². The third kappa shape index (κ3) is 2.51. The van der Waals surface area contributed by atoms with Gasteiger partial charge in [0, 0.05) is 25.7 Å². The molecule has 2 unspecified atom stereocenters. The molecular weight excluding hydrogens is 238 g/mol. The molecule has 2 heterocycles. The van der Waals surface area contributed by atoms with Crippen molar-refractivity contribution in [1.82, 2.24) is 9.80 Å². The van der Waals surface area contributed by atoms with Crippen LogP contribution in [0.15, 0.2) is 30.3 Å². The number of nitrogens with two attached hydrogens (primary N) is 1. The van der Waals surface area contributed by atoms with E-state index in [9.17, 15) is 4.79 Å². The first-order chi connectivity index (χ1) is 9.25. The van der Waals surface area contributed by atoms with Crippen molar-refractivity contribution >= 4 is 5.91 Å². The largest absolute Gasteiger partial charge is 0.338 e. The van der Waals surface area contributed by atoms with E-state index in [0.717, 1.165) is 25.2 Å². The van der Waals surface area contributed by atoms with E-state index in [0.29, 0.717) is 6.04 Å².